The molecule has 1 aromatic rings. The van der Waals surface area contributed by atoms with E-state index in [0.29, 0.717) is 6.61 Å². The number of hydrogen-bond acceptors (Lipinski definition) is 5. The lowest BCUT2D eigenvalue weighted by atomic mass is 10.1. The lowest BCUT2D eigenvalue weighted by Crippen LogP contribution is -2.48. The van der Waals surface area contributed by atoms with Crippen molar-refractivity contribution in [3.63, 3.8) is 0 Å². The zero-order valence-electron chi connectivity index (χ0n) is 15.8. The molecule has 1 aliphatic heterocycles. The summed E-state index contributed by atoms with van der Waals surface area (Å²) >= 11 is 0. The van der Waals surface area contributed by atoms with Crippen LogP contribution < -0.4 is 5.32 Å². The Labute approximate surface area is 154 Å². The second-order valence-corrected chi connectivity index (χ2v) is 7.47. The average molecular weight is 364 g/mol. The second-order valence-electron chi connectivity index (χ2n) is 7.47. The fourth-order valence-electron chi connectivity index (χ4n) is 2.93. The van der Waals surface area contributed by atoms with Crippen molar-refractivity contribution < 1.29 is 24.2 Å². The number of carbonyl (C=O) groups is 2. The van der Waals surface area contributed by atoms with Crippen molar-refractivity contribution in [2.24, 2.45) is 0 Å². The number of rotatable bonds is 5. The molecule has 0 aliphatic carbocycles. The number of ether oxygens (including phenoxy) is 2. The van der Waals surface area contributed by atoms with Crippen LogP contribution in [-0.4, -0.2) is 60.0 Å². The fraction of sp³-hybridized carbons (Fsp3) is 0.579. The van der Waals surface area contributed by atoms with Crippen LogP contribution >= 0.6 is 0 Å². The summed E-state index contributed by atoms with van der Waals surface area (Å²) in [7, 11) is 1.56. The van der Waals surface area contributed by atoms with Gasteiger partial charge in [-0.3, -0.25) is 9.69 Å². The zero-order valence-corrected chi connectivity index (χ0v) is 15.8. The summed E-state index contributed by atoms with van der Waals surface area (Å²) < 4.78 is 10.6. The highest BCUT2D eigenvalue weighted by atomic mass is 16.6. The molecule has 0 radical (unpaired) electrons. The van der Waals surface area contributed by atoms with Gasteiger partial charge in [-0.1, -0.05) is 30.3 Å². The highest BCUT2D eigenvalue weighted by Gasteiger charge is 2.41. The molecule has 0 spiro atoms. The maximum Gasteiger partial charge on any atom is 0.411 e. The summed E-state index contributed by atoms with van der Waals surface area (Å²) in [6.07, 6.45) is -1.17. The van der Waals surface area contributed by atoms with Crippen LogP contribution in [0.15, 0.2) is 30.3 Å². The van der Waals surface area contributed by atoms with E-state index in [1.54, 1.807) is 27.9 Å². The molecule has 2 amide bonds. The minimum atomic E-state index is -0.775. The maximum atomic E-state index is 12.8. The quantitative estimate of drug-likeness (QED) is 0.833. The number of amides is 2. The van der Waals surface area contributed by atoms with Crippen LogP contribution in [-0.2, 0) is 14.3 Å². The first-order valence-corrected chi connectivity index (χ1v) is 8.73. The van der Waals surface area contributed by atoms with Crippen LogP contribution in [0, 0.1) is 0 Å². The van der Waals surface area contributed by atoms with Gasteiger partial charge < -0.3 is 19.9 Å². The number of hydrogen-bond donors (Lipinski definition) is 2. The van der Waals surface area contributed by atoms with Gasteiger partial charge in [0.25, 0.3) is 0 Å². The average Bonchev–Trinajstić information content (AvgIpc) is 2.96. The Hall–Kier alpha value is -2.12. The molecular formula is C19H28N2O5. The summed E-state index contributed by atoms with van der Waals surface area (Å²) in [4.78, 5) is 26.5. The zero-order chi connectivity index (χ0) is 19.3. The molecular weight excluding hydrogens is 336 g/mol. The third-order valence-corrected chi connectivity index (χ3v) is 4.06. The fourth-order valence-corrected chi connectivity index (χ4v) is 2.93. The molecule has 2 N–H and O–H groups in total. The Balaban J connectivity index is 2.11. The molecule has 0 bridgehead atoms. The first kappa shape index (κ1) is 20.2. The molecule has 1 heterocycles. The third kappa shape index (κ3) is 5.44. The Morgan fingerprint density at radius 3 is 2.54 bits per heavy atom. The molecule has 1 aromatic carbocycles. The molecule has 144 valence electrons. The number of methoxy groups -OCH3 is 1. The van der Waals surface area contributed by atoms with E-state index in [0.717, 1.165) is 5.56 Å². The maximum absolute atomic E-state index is 12.8. The van der Waals surface area contributed by atoms with Gasteiger partial charge in [0.1, 0.15) is 11.6 Å². The van der Waals surface area contributed by atoms with Crippen molar-refractivity contribution in [3.05, 3.63) is 35.9 Å². The van der Waals surface area contributed by atoms with Crippen molar-refractivity contribution in [3.8, 4) is 0 Å². The number of aliphatic hydroxyl groups excluding tert-OH is 1. The van der Waals surface area contributed by atoms with Crippen molar-refractivity contribution >= 4 is 12.0 Å². The van der Waals surface area contributed by atoms with Crippen molar-refractivity contribution in [2.75, 3.05) is 20.3 Å². The lowest BCUT2D eigenvalue weighted by molar-refractivity contribution is -0.126. The first-order valence-electron chi connectivity index (χ1n) is 8.73. The van der Waals surface area contributed by atoms with E-state index in [1.165, 1.54) is 4.90 Å². The molecule has 2 rings (SSSR count). The monoisotopic (exact) mass is 364 g/mol. The molecule has 0 aromatic heterocycles. The van der Waals surface area contributed by atoms with E-state index >= 15 is 0 Å². The van der Waals surface area contributed by atoms with Crippen LogP contribution in [0.3, 0.4) is 0 Å². The van der Waals surface area contributed by atoms with Gasteiger partial charge in [-0.2, -0.15) is 0 Å². The Bertz CT molecular complexity index is 614. The third-order valence-electron chi connectivity index (χ3n) is 4.06. The SMILES string of the molecule is COC[C@@H](NC(=O)[C@@H]1C[C@@H](O)CN1C(=O)OC(C)(C)C)c1ccccc1. The first-order chi connectivity index (χ1) is 12.2. The predicted octanol–water partition coefficient (Wildman–Crippen LogP) is 1.86. The van der Waals surface area contributed by atoms with E-state index in [9.17, 15) is 14.7 Å². The number of nitrogens with one attached hydrogen (secondary N) is 1. The molecule has 0 saturated carbocycles. The smallest absolute Gasteiger partial charge is 0.411 e. The highest BCUT2D eigenvalue weighted by Crippen LogP contribution is 2.23. The van der Waals surface area contributed by atoms with Gasteiger partial charge in [-0.05, 0) is 26.3 Å². The summed E-state index contributed by atoms with van der Waals surface area (Å²) in [5, 5.41) is 12.9. The number of benzene rings is 1. The minimum Gasteiger partial charge on any atom is -0.444 e. The van der Waals surface area contributed by atoms with Crippen LogP contribution in [0.1, 0.15) is 38.8 Å². The Morgan fingerprint density at radius 1 is 1.31 bits per heavy atom. The lowest BCUT2D eigenvalue weighted by Gasteiger charge is -2.29. The van der Waals surface area contributed by atoms with Crippen molar-refractivity contribution in [2.45, 2.75) is 51.0 Å². The van der Waals surface area contributed by atoms with E-state index < -0.39 is 23.8 Å². The summed E-state index contributed by atoms with van der Waals surface area (Å²) in [6.45, 7) is 5.66. The topological polar surface area (TPSA) is 88.1 Å². The predicted molar refractivity (Wildman–Crippen MR) is 96.6 cm³/mol. The number of carbonyl (C=O) groups excluding carboxylic acids is 2. The van der Waals surface area contributed by atoms with Crippen molar-refractivity contribution in [1.82, 2.24) is 10.2 Å². The largest absolute Gasteiger partial charge is 0.444 e. The summed E-state index contributed by atoms with van der Waals surface area (Å²) in [5.74, 6) is -0.335. The molecule has 1 aliphatic rings. The molecule has 7 heteroatoms. The molecule has 1 fully saturated rings. The van der Waals surface area contributed by atoms with Gasteiger partial charge in [0, 0.05) is 13.5 Å². The highest BCUT2D eigenvalue weighted by molar-refractivity contribution is 5.86. The summed E-state index contributed by atoms with van der Waals surface area (Å²) in [6, 6.07) is 8.35. The van der Waals surface area contributed by atoms with Gasteiger partial charge >= 0.3 is 6.09 Å². The summed E-state index contributed by atoms with van der Waals surface area (Å²) in [5.41, 5.74) is 0.235. The van der Waals surface area contributed by atoms with Gasteiger partial charge in [0.05, 0.1) is 25.3 Å². The van der Waals surface area contributed by atoms with E-state index in [1.807, 2.05) is 30.3 Å². The molecule has 7 nitrogen and oxygen atoms in total. The molecule has 26 heavy (non-hydrogen) atoms. The van der Waals surface area contributed by atoms with Gasteiger partial charge in [0.2, 0.25) is 5.91 Å². The minimum absolute atomic E-state index is 0.0767. The Morgan fingerprint density at radius 2 is 1.96 bits per heavy atom. The van der Waals surface area contributed by atoms with Crippen LogP contribution in [0.2, 0.25) is 0 Å². The van der Waals surface area contributed by atoms with Crippen molar-refractivity contribution in [1.29, 1.82) is 0 Å². The number of likely N-dealkylation sites (tertiary alicyclic amines) is 1. The van der Waals surface area contributed by atoms with E-state index in [-0.39, 0.29) is 24.9 Å². The molecule has 0 unspecified atom stereocenters. The number of β-amino-alcohol motifs (C(OH)–C–C–N with tert-alkyl or cyclic N) is 1. The van der Waals surface area contributed by atoms with Gasteiger partial charge in [0.15, 0.2) is 0 Å². The molecule has 1 saturated heterocycles. The standard InChI is InChI=1S/C19H28N2O5/c1-19(2,3)26-18(24)21-11-14(22)10-16(21)17(23)20-15(12-25-4)13-8-6-5-7-9-13/h5-9,14-16,22H,10-12H2,1-4H3,(H,20,23)/t14-,15-,16+/m1/s1. The second kappa shape index (κ2) is 8.51. The van der Waals surface area contributed by atoms with Gasteiger partial charge in [-0.25, -0.2) is 4.79 Å². The number of aliphatic hydroxyl groups is 1. The Kier molecular flexibility index (Phi) is 6.61. The van der Waals surface area contributed by atoms with E-state index in [2.05, 4.69) is 5.32 Å². The normalized spacial score (nSPS) is 21.3. The van der Waals surface area contributed by atoms with Crippen LogP contribution in [0.5, 0.6) is 0 Å². The van der Waals surface area contributed by atoms with Gasteiger partial charge in [-0.15, -0.1) is 0 Å². The number of nitrogens with zero attached hydrogens (tertiary/aromatic N) is 1. The van der Waals surface area contributed by atoms with E-state index in [4.69, 9.17) is 9.47 Å². The molecule has 3 atom stereocenters. The van der Waals surface area contributed by atoms with Crippen LogP contribution in [0.25, 0.3) is 0 Å². The van der Waals surface area contributed by atoms with Crippen LogP contribution in [0.4, 0.5) is 4.79 Å².